The number of likely N-dealkylation sites (N-methyl/N-ethyl adjacent to an activating group) is 1. The third kappa shape index (κ3) is 2.83. The molecule has 2 rings (SSSR count). The van der Waals surface area contributed by atoms with Gasteiger partial charge in [0.1, 0.15) is 11.3 Å². The van der Waals surface area contributed by atoms with Gasteiger partial charge in [0.2, 0.25) is 10.0 Å². The molecule has 1 saturated carbocycles. The number of hydrogen-bond acceptors (Lipinski definition) is 4. The van der Waals surface area contributed by atoms with Crippen LogP contribution in [0.3, 0.4) is 0 Å². The number of hydrogen-bond donors (Lipinski definition) is 1. The van der Waals surface area contributed by atoms with Crippen LogP contribution in [0.15, 0.2) is 29.2 Å². The summed E-state index contributed by atoms with van der Waals surface area (Å²) in [4.78, 5) is 11.8. The first-order chi connectivity index (χ1) is 10.3. The van der Waals surface area contributed by atoms with Crippen LogP contribution in [0, 0.1) is 0 Å². The largest absolute Gasteiger partial charge is 0.497 e. The molecular weight excluding hydrogens is 306 g/mol. The summed E-state index contributed by atoms with van der Waals surface area (Å²) in [5, 5.41) is 9.63. The summed E-state index contributed by atoms with van der Waals surface area (Å²) < 4.78 is 31.6. The molecule has 0 aromatic heterocycles. The van der Waals surface area contributed by atoms with Gasteiger partial charge >= 0.3 is 5.97 Å². The summed E-state index contributed by atoms with van der Waals surface area (Å²) in [6.07, 6.45) is 3.05. The van der Waals surface area contributed by atoms with Gasteiger partial charge in [0.05, 0.1) is 12.0 Å². The highest BCUT2D eigenvalue weighted by Gasteiger charge is 2.48. The molecular formula is C15H21NO5S. The standard InChI is InChI=1S/C15H21NO5S/c1-16(15(14(17)18)10-4-3-5-11-15)22(19,20)13-8-6-12(21-2)7-9-13/h6-9H,3-5,10-11H2,1-2H3,(H,17,18). The van der Waals surface area contributed by atoms with Gasteiger partial charge in [0.25, 0.3) is 0 Å². The maximum atomic E-state index is 12.8. The second kappa shape index (κ2) is 6.26. The van der Waals surface area contributed by atoms with E-state index in [1.54, 1.807) is 12.1 Å². The van der Waals surface area contributed by atoms with Gasteiger partial charge in [-0.2, -0.15) is 4.31 Å². The Labute approximate surface area is 130 Å². The van der Waals surface area contributed by atoms with Crippen LogP contribution >= 0.6 is 0 Å². The maximum absolute atomic E-state index is 12.8. The van der Waals surface area contributed by atoms with Crippen LogP contribution in [-0.2, 0) is 14.8 Å². The van der Waals surface area contributed by atoms with Crippen molar-refractivity contribution in [1.29, 1.82) is 0 Å². The molecule has 0 heterocycles. The minimum absolute atomic E-state index is 0.0713. The Morgan fingerprint density at radius 1 is 1.18 bits per heavy atom. The lowest BCUT2D eigenvalue weighted by atomic mass is 9.82. The molecule has 0 unspecified atom stereocenters. The third-order valence-corrected chi connectivity index (χ3v) is 6.34. The molecule has 22 heavy (non-hydrogen) atoms. The number of benzene rings is 1. The number of ether oxygens (including phenoxy) is 1. The van der Waals surface area contributed by atoms with Gasteiger partial charge in [-0.3, -0.25) is 4.79 Å². The van der Waals surface area contributed by atoms with Gasteiger partial charge in [-0.05, 0) is 37.1 Å². The number of carboxylic acid groups (broad SMARTS) is 1. The molecule has 1 fully saturated rings. The fourth-order valence-electron chi connectivity index (χ4n) is 2.94. The zero-order valence-corrected chi connectivity index (χ0v) is 13.6. The Morgan fingerprint density at radius 3 is 2.18 bits per heavy atom. The number of carbonyl (C=O) groups is 1. The van der Waals surface area contributed by atoms with E-state index in [2.05, 4.69) is 0 Å². The van der Waals surface area contributed by atoms with E-state index >= 15 is 0 Å². The second-order valence-corrected chi connectivity index (χ2v) is 7.51. The van der Waals surface area contributed by atoms with Gasteiger partial charge < -0.3 is 9.84 Å². The van der Waals surface area contributed by atoms with Crippen molar-refractivity contribution in [2.24, 2.45) is 0 Å². The molecule has 6 nitrogen and oxygen atoms in total. The fraction of sp³-hybridized carbons (Fsp3) is 0.533. The zero-order valence-electron chi connectivity index (χ0n) is 12.8. The number of carboxylic acids is 1. The van der Waals surface area contributed by atoms with Crippen molar-refractivity contribution < 1.29 is 23.1 Å². The van der Waals surface area contributed by atoms with E-state index in [4.69, 9.17) is 4.74 Å². The normalized spacial score (nSPS) is 18.1. The Balaban J connectivity index is 2.39. The predicted octanol–water partition coefficient (Wildman–Crippen LogP) is 2.10. The Kier molecular flexibility index (Phi) is 4.77. The molecule has 0 atom stereocenters. The first kappa shape index (κ1) is 16.8. The van der Waals surface area contributed by atoms with Crippen molar-refractivity contribution in [3.63, 3.8) is 0 Å². The minimum Gasteiger partial charge on any atom is -0.497 e. The maximum Gasteiger partial charge on any atom is 0.325 e. The average Bonchev–Trinajstić information content (AvgIpc) is 2.54. The summed E-state index contributed by atoms with van der Waals surface area (Å²) in [7, 11) is -1.01. The molecule has 0 spiro atoms. The van der Waals surface area contributed by atoms with Crippen molar-refractivity contribution in [1.82, 2.24) is 4.31 Å². The number of methoxy groups -OCH3 is 1. The smallest absolute Gasteiger partial charge is 0.325 e. The van der Waals surface area contributed by atoms with Gasteiger partial charge in [-0.15, -0.1) is 0 Å². The van der Waals surface area contributed by atoms with Gasteiger partial charge in [0, 0.05) is 7.05 Å². The zero-order chi connectivity index (χ0) is 16.4. The van der Waals surface area contributed by atoms with Crippen molar-refractivity contribution in [3.05, 3.63) is 24.3 Å². The number of rotatable bonds is 5. The highest BCUT2D eigenvalue weighted by Crippen LogP contribution is 2.36. The lowest BCUT2D eigenvalue weighted by Crippen LogP contribution is -2.56. The molecule has 122 valence electrons. The van der Waals surface area contributed by atoms with Crippen molar-refractivity contribution in [2.45, 2.75) is 42.5 Å². The van der Waals surface area contributed by atoms with Crippen LogP contribution in [0.25, 0.3) is 0 Å². The first-order valence-electron chi connectivity index (χ1n) is 7.21. The predicted molar refractivity (Wildman–Crippen MR) is 81.4 cm³/mol. The molecule has 1 aromatic carbocycles. The summed E-state index contributed by atoms with van der Waals surface area (Å²) in [5.41, 5.74) is -1.35. The van der Waals surface area contributed by atoms with E-state index < -0.39 is 21.5 Å². The van der Waals surface area contributed by atoms with Crippen LogP contribution in [0.2, 0.25) is 0 Å². The summed E-state index contributed by atoms with van der Waals surface area (Å²) in [6.45, 7) is 0. The molecule has 1 N–H and O–H groups in total. The number of sulfonamides is 1. The van der Waals surface area contributed by atoms with E-state index in [-0.39, 0.29) is 4.90 Å². The molecule has 0 bridgehead atoms. The SMILES string of the molecule is COc1ccc(S(=O)(=O)N(C)C2(C(=O)O)CCCCC2)cc1. The fourth-order valence-corrected chi connectivity index (χ4v) is 4.45. The van der Waals surface area contributed by atoms with Crippen LogP contribution in [-0.4, -0.2) is 43.5 Å². The molecule has 1 aliphatic carbocycles. The molecule has 7 heteroatoms. The lowest BCUT2D eigenvalue weighted by Gasteiger charge is -2.39. The topological polar surface area (TPSA) is 83.9 Å². The molecule has 1 aliphatic rings. The second-order valence-electron chi connectivity index (χ2n) is 5.55. The lowest BCUT2D eigenvalue weighted by molar-refractivity contribution is -0.149. The molecule has 0 amide bonds. The van der Waals surface area contributed by atoms with E-state index in [9.17, 15) is 18.3 Å². The van der Waals surface area contributed by atoms with Crippen molar-refractivity contribution in [2.75, 3.05) is 14.2 Å². The molecule has 0 aliphatic heterocycles. The Morgan fingerprint density at radius 2 is 1.73 bits per heavy atom. The van der Waals surface area contributed by atoms with E-state index in [1.807, 2.05) is 0 Å². The summed E-state index contributed by atoms with van der Waals surface area (Å²) >= 11 is 0. The number of aliphatic carboxylic acids is 1. The van der Waals surface area contributed by atoms with Crippen LogP contribution in [0.1, 0.15) is 32.1 Å². The highest BCUT2D eigenvalue weighted by molar-refractivity contribution is 7.89. The number of nitrogens with zero attached hydrogens (tertiary/aromatic N) is 1. The van der Waals surface area contributed by atoms with E-state index in [0.29, 0.717) is 18.6 Å². The van der Waals surface area contributed by atoms with Gasteiger partial charge in [-0.1, -0.05) is 19.3 Å². The molecule has 0 radical (unpaired) electrons. The van der Waals surface area contributed by atoms with Crippen LogP contribution in [0.4, 0.5) is 0 Å². The first-order valence-corrected chi connectivity index (χ1v) is 8.65. The minimum atomic E-state index is -3.87. The highest BCUT2D eigenvalue weighted by atomic mass is 32.2. The van der Waals surface area contributed by atoms with Gasteiger partial charge in [-0.25, -0.2) is 8.42 Å². The van der Waals surface area contributed by atoms with Crippen LogP contribution < -0.4 is 4.74 Å². The molecule has 1 aromatic rings. The Hall–Kier alpha value is -1.60. The van der Waals surface area contributed by atoms with Crippen LogP contribution in [0.5, 0.6) is 5.75 Å². The third-order valence-electron chi connectivity index (χ3n) is 4.40. The van der Waals surface area contributed by atoms with Crippen molar-refractivity contribution >= 4 is 16.0 Å². The van der Waals surface area contributed by atoms with Crippen molar-refractivity contribution in [3.8, 4) is 5.75 Å². The molecule has 0 saturated heterocycles. The van der Waals surface area contributed by atoms with E-state index in [0.717, 1.165) is 23.6 Å². The quantitative estimate of drug-likeness (QED) is 0.895. The van der Waals surface area contributed by atoms with Gasteiger partial charge in [0.15, 0.2) is 0 Å². The van der Waals surface area contributed by atoms with E-state index in [1.165, 1.54) is 26.3 Å². The summed E-state index contributed by atoms with van der Waals surface area (Å²) in [6, 6.07) is 5.97. The Bertz CT molecular complexity index is 632. The average molecular weight is 327 g/mol. The summed E-state index contributed by atoms with van der Waals surface area (Å²) in [5.74, 6) is -0.529. The monoisotopic (exact) mass is 327 g/mol.